The third kappa shape index (κ3) is 5.49. The van der Waals surface area contributed by atoms with E-state index < -0.39 is 0 Å². The van der Waals surface area contributed by atoms with Gasteiger partial charge in [0.1, 0.15) is 0 Å². The van der Waals surface area contributed by atoms with Gasteiger partial charge in [-0.05, 0) is 0 Å². The van der Waals surface area contributed by atoms with Gasteiger partial charge in [0.15, 0.2) is 0 Å². The number of rotatable bonds is 0. The quantitative estimate of drug-likeness (QED) is 0.456. The van der Waals surface area contributed by atoms with Gasteiger partial charge < -0.3 is 20.1 Å². The van der Waals surface area contributed by atoms with Gasteiger partial charge in [0, 0.05) is 13.1 Å². The minimum Gasteiger partial charge on any atom is -0.379 e. The molecule has 4 nitrogen and oxygen atoms in total. The van der Waals surface area contributed by atoms with Crippen molar-refractivity contribution in [1.29, 1.82) is 0 Å². The smallest absolute Gasteiger partial charge is 0.0993 e. The average molecular weight is 175 g/mol. The highest BCUT2D eigenvalue weighted by atomic mass is 16.5. The third-order valence-corrected chi connectivity index (χ3v) is 1.78. The lowest BCUT2D eigenvalue weighted by atomic mass is 10.5. The Morgan fingerprint density at radius 1 is 0.833 bits per heavy atom. The van der Waals surface area contributed by atoms with Crippen LogP contribution in [0.5, 0.6) is 0 Å². The zero-order valence-electron chi connectivity index (χ0n) is 7.55. The molecule has 72 valence electrons. The lowest BCUT2D eigenvalue weighted by Gasteiger charge is -2.10. The number of hydrogen-bond acceptors (Lipinski definition) is 3. The molecule has 2 aliphatic rings. The van der Waals surface area contributed by atoms with Gasteiger partial charge in [0.2, 0.25) is 0 Å². The monoisotopic (exact) mass is 175 g/mol. The molecule has 0 aliphatic carbocycles. The zero-order chi connectivity index (χ0) is 8.49. The van der Waals surface area contributed by atoms with Crippen LogP contribution in [-0.2, 0) is 9.47 Å². The fraction of sp³-hybridized carbons (Fsp3) is 1.00. The SMILES string of the molecule is C1COCCN1.C1COCC[NH2+]1. The third-order valence-electron chi connectivity index (χ3n) is 1.78. The first-order valence-corrected chi connectivity index (χ1v) is 4.68. The van der Waals surface area contributed by atoms with Crippen LogP contribution >= 0.6 is 0 Å². The molecule has 2 saturated heterocycles. The first-order valence-electron chi connectivity index (χ1n) is 4.68. The summed E-state index contributed by atoms with van der Waals surface area (Å²) >= 11 is 0. The van der Waals surface area contributed by atoms with Gasteiger partial charge in [-0.15, -0.1) is 0 Å². The van der Waals surface area contributed by atoms with Gasteiger partial charge in [0.25, 0.3) is 0 Å². The molecule has 0 atom stereocenters. The van der Waals surface area contributed by atoms with E-state index in [1.165, 1.54) is 0 Å². The van der Waals surface area contributed by atoms with Gasteiger partial charge in [0.05, 0.1) is 39.5 Å². The Morgan fingerprint density at radius 2 is 1.42 bits per heavy atom. The highest BCUT2D eigenvalue weighted by Gasteiger charge is 1.96. The molecule has 2 rings (SSSR count). The van der Waals surface area contributed by atoms with Crippen LogP contribution in [0, 0.1) is 0 Å². The van der Waals surface area contributed by atoms with Crippen molar-refractivity contribution in [3.05, 3.63) is 0 Å². The minimum absolute atomic E-state index is 0.889. The van der Waals surface area contributed by atoms with E-state index in [4.69, 9.17) is 9.47 Å². The Bertz CT molecular complexity index is 58.0. The summed E-state index contributed by atoms with van der Waals surface area (Å²) in [6.07, 6.45) is 0. The molecule has 0 aromatic carbocycles. The van der Waals surface area contributed by atoms with E-state index >= 15 is 0 Å². The van der Waals surface area contributed by atoms with Crippen LogP contribution in [0.1, 0.15) is 0 Å². The maximum atomic E-state index is 5.04. The van der Waals surface area contributed by atoms with Crippen molar-refractivity contribution in [3.63, 3.8) is 0 Å². The largest absolute Gasteiger partial charge is 0.379 e. The van der Waals surface area contributed by atoms with Crippen LogP contribution in [0.3, 0.4) is 0 Å². The summed E-state index contributed by atoms with van der Waals surface area (Å²) in [6.45, 7) is 8.03. The lowest BCUT2D eigenvalue weighted by Crippen LogP contribution is -2.87. The number of nitrogens with two attached hydrogens (primary N) is 1. The van der Waals surface area contributed by atoms with Crippen LogP contribution in [-0.4, -0.2) is 52.6 Å². The summed E-state index contributed by atoms with van der Waals surface area (Å²) < 4.78 is 10.0. The highest BCUT2D eigenvalue weighted by Crippen LogP contribution is 1.76. The minimum atomic E-state index is 0.889. The van der Waals surface area contributed by atoms with Crippen molar-refractivity contribution in [2.24, 2.45) is 0 Å². The molecule has 3 N–H and O–H groups in total. The highest BCUT2D eigenvalue weighted by molar-refractivity contribution is 4.49. The Hall–Kier alpha value is -0.160. The first kappa shape index (κ1) is 9.92. The van der Waals surface area contributed by atoms with Crippen molar-refractivity contribution in [2.45, 2.75) is 0 Å². The second-order valence-corrected chi connectivity index (χ2v) is 2.84. The van der Waals surface area contributed by atoms with E-state index in [1.807, 2.05) is 0 Å². The molecule has 0 amide bonds. The predicted octanol–water partition coefficient (Wildman–Crippen LogP) is -1.81. The standard InChI is InChI=1S/2C4H9NO/c2*1-3-6-4-2-5-1/h2*5H,1-4H2/p+1. The van der Waals surface area contributed by atoms with E-state index in [-0.39, 0.29) is 0 Å². The number of ether oxygens (including phenoxy) is 2. The summed E-state index contributed by atoms with van der Waals surface area (Å²) in [5.41, 5.74) is 0. The molecule has 0 unspecified atom stereocenters. The maximum absolute atomic E-state index is 5.04. The van der Waals surface area contributed by atoms with E-state index in [1.54, 1.807) is 0 Å². The molecular weight excluding hydrogens is 156 g/mol. The predicted molar refractivity (Wildman–Crippen MR) is 46.2 cm³/mol. The Labute approximate surface area is 73.6 Å². The topological polar surface area (TPSA) is 47.1 Å². The van der Waals surface area contributed by atoms with Gasteiger partial charge in [-0.2, -0.15) is 0 Å². The van der Waals surface area contributed by atoms with Gasteiger partial charge >= 0.3 is 0 Å². The van der Waals surface area contributed by atoms with Crippen molar-refractivity contribution in [2.75, 3.05) is 52.6 Å². The number of morpholine rings is 2. The average Bonchev–Trinajstić information content (AvgIpc) is 2.24. The van der Waals surface area contributed by atoms with Crippen LogP contribution < -0.4 is 10.6 Å². The number of quaternary nitrogens is 1. The fourth-order valence-electron chi connectivity index (χ4n) is 1.10. The van der Waals surface area contributed by atoms with Crippen LogP contribution in [0.25, 0.3) is 0 Å². The first-order chi connectivity index (χ1) is 6.00. The summed E-state index contributed by atoms with van der Waals surface area (Å²) in [6, 6.07) is 0. The molecule has 12 heavy (non-hydrogen) atoms. The van der Waals surface area contributed by atoms with Gasteiger partial charge in [-0.3, -0.25) is 0 Å². The van der Waals surface area contributed by atoms with Crippen molar-refractivity contribution < 1.29 is 14.8 Å². The van der Waals surface area contributed by atoms with Crippen LogP contribution in [0.2, 0.25) is 0 Å². The number of nitrogens with one attached hydrogen (secondary N) is 1. The van der Waals surface area contributed by atoms with Crippen LogP contribution in [0.4, 0.5) is 0 Å². The molecule has 0 radical (unpaired) electrons. The maximum Gasteiger partial charge on any atom is 0.0993 e. The van der Waals surface area contributed by atoms with Gasteiger partial charge in [-0.1, -0.05) is 0 Å². The normalized spacial score (nSPS) is 24.0. The Balaban J connectivity index is 0.000000120. The summed E-state index contributed by atoms with van der Waals surface area (Å²) in [5, 5.41) is 5.43. The lowest BCUT2D eigenvalue weighted by molar-refractivity contribution is -0.670. The molecule has 0 spiro atoms. The van der Waals surface area contributed by atoms with Crippen molar-refractivity contribution in [3.8, 4) is 0 Å². The zero-order valence-corrected chi connectivity index (χ0v) is 7.55. The fourth-order valence-corrected chi connectivity index (χ4v) is 1.10. The molecule has 2 aliphatic heterocycles. The molecule has 0 aromatic rings. The molecular formula is C8H19N2O2+. The molecule has 2 fully saturated rings. The van der Waals surface area contributed by atoms with E-state index in [2.05, 4.69) is 10.6 Å². The van der Waals surface area contributed by atoms with Crippen molar-refractivity contribution >= 4 is 0 Å². The Kier molecular flexibility index (Phi) is 6.19. The number of hydrogen-bond donors (Lipinski definition) is 2. The van der Waals surface area contributed by atoms with Crippen molar-refractivity contribution in [1.82, 2.24) is 5.32 Å². The van der Waals surface area contributed by atoms with E-state index in [9.17, 15) is 0 Å². The van der Waals surface area contributed by atoms with Crippen LogP contribution in [0.15, 0.2) is 0 Å². The second-order valence-electron chi connectivity index (χ2n) is 2.84. The molecule has 2 heterocycles. The molecule has 0 saturated carbocycles. The second kappa shape index (κ2) is 7.49. The van der Waals surface area contributed by atoms with Gasteiger partial charge in [-0.25, -0.2) is 0 Å². The Morgan fingerprint density at radius 3 is 1.58 bits per heavy atom. The van der Waals surface area contributed by atoms with E-state index in [0.29, 0.717) is 0 Å². The molecule has 4 heteroatoms. The summed E-state index contributed by atoms with van der Waals surface area (Å²) in [4.78, 5) is 0. The summed E-state index contributed by atoms with van der Waals surface area (Å²) in [7, 11) is 0. The molecule has 0 bridgehead atoms. The van der Waals surface area contributed by atoms with E-state index in [0.717, 1.165) is 52.6 Å². The summed E-state index contributed by atoms with van der Waals surface area (Å²) in [5.74, 6) is 0. The molecule has 0 aromatic heterocycles.